The number of halogens is 6. The van der Waals surface area contributed by atoms with E-state index in [0.717, 1.165) is 12.1 Å². The summed E-state index contributed by atoms with van der Waals surface area (Å²) in [6.07, 6.45) is -4.76. The van der Waals surface area contributed by atoms with Crippen LogP contribution in [0.4, 0.5) is 22.0 Å². The Kier molecular flexibility index (Phi) is 6.43. The molecular formula is C23H15ClF5N3O2. The van der Waals surface area contributed by atoms with Gasteiger partial charge in [-0.25, -0.2) is 18.4 Å². The van der Waals surface area contributed by atoms with Gasteiger partial charge in [0.25, 0.3) is 0 Å². The summed E-state index contributed by atoms with van der Waals surface area (Å²) in [6, 6.07) is 13.5. The van der Waals surface area contributed by atoms with E-state index in [9.17, 15) is 22.0 Å². The molecule has 0 unspecified atom stereocenters. The van der Waals surface area contributed by atoms with Gasteiger partial charge >= 0.3 is 6.36 Å². The van der Waals surface area contributed by atoms with Gasteiger partial charge in [0, 0.05) is 12.6 Å². The molecule has 0 saturated carbocycles. The summed E-state index contributed by atoms with van der Waals surface area (Å²) in [5, 5.41) is 4.34. The highest BCUT2D eigenvalue weighted by molar-refractivity contribution is 6.32. The molecule has 0 aliphatic heterocycles. The van der Waals surface area contributed by atoms with Crippen LogP contribution in [0.1, 0.15) is 5.56 Å². The van der Waals surface area contributed by atoms with E-state index >= 15 is 0 Å². The topological polar surface area (TPSA) is 49.2 Å². The Morgan fingerprint density at radius 2 is 1.65 bits per heavy atom. The third-order valence-corrected chi connectivity index (χ3v) is 4.99. The molecule has 0 spiro atoms. The second-order valence-corrected chi connectivity index (χ2v) is 7.51. The highest BCUT2D eigenvalue weighted by Crippen LogP contribution is 2.32. The monoisotopic (exact) mass is 495 g/mol. The van der Waals surface area contributed by atoms with Crippen LogP contribution in [0.25, 0.3) is 22.8 Å². The van der Waals surface area contributed by atoms with Crippen molar-refractivity contribution >= 4 is 11.6 Å². The molecule has 5 nitrogen and oxygen atoms in total. The molecule has 0 aliphatic rings. The van der Waals surface area contributed by atoms with Crippen LogP contribution in [-0.4, -0.2) is 21.1 Å². The van der Waals surface area contributed by atoms with Gasteiger partial charge in [0.2, 0.25) is 0 Å². The third-order valence-electron chi connectivity index (χ3n) is 4.69. The zero-order valence-electron chi connectivity index (χ0n) is 17.4. The van der Waals surface area contributed by atoms with Crippen LogP contribution in [0.15, 0.2) is 60.7 Å². The number of alkyl halides is 3. The van der Waals surface area contributed by atoms with Crippen LogP contribution in [0, 0.1) is 11.6 Å². The minimum absolute atomic E-state index is 0.0477. The van der Waals surface area contributed by atoms with Crippen molar-refractivity contribution < 1.29 is 31.4 Å². The molecule has 4 aromatic rings. The van der Waals surface area contributed by atoms with E-state index in [1.54, 1.807) is 25.2 Å². The lowest BCUT2D eigenvalue weighted by atomic mass is 10.2. The summed E-state index contributed by atoms with van der Waals surface area (Å²) < 4.78 is 75.8. The van der Waals surface area contributed by atoms with Crippen molar-refractivity contribution in [2.75, 3.05) is 0 Å². The number of hydrogen-bond acceptors (Lipinski definition) is 4. The van der Waals surface area contributed by atoms with Gasteiger partial charge in [0.15, 0.2) is 11.6 Å². The Morgan fingerprint density at radius 3 is 2.26 bits per heavy atom. The summed E-state index contributed by atoms with van der Waals surface area (Å²) in [5.74, 6) is -1.36. The van der Waals surface area contributed by atoms with E-state index in [-0.39, 0.29) is 28.8 Å². The minimum atomic E-state index is -4.76. The van der Waals surface area contributed by atoms with Gasteiger partial charge in [-0.05, 0) is 48.0 Å². The molecule has 0 bridgehead atoms. The molecule has 0 amide bonds. The lowest BCUT2D eigenvalue weighted by Gasteiger charge is -2.11. The summed E-state index contributed by atoms with van der Waals surface area (Å²) in [6.45, 7) is 0.0477. The van der Waals surface area contributed by atoms with Crippen molar-refractivity contribution in [3.8, 4) is 34.3 Å². The normalized spacial score (nSPS) is 11.5. The Hall–Kier alpha value is -3.66. The van der Waals surface area contributed by atoms with E-state index in [0.29, 0.717) is 22.7 Å². The largest absolute Gasteiger partial charge is 0.573 e. The molecule has 0 saturated heterocycles. The van der Waals surface area contributed by atoms with E-state index in [1.807, 2.05) is 0 Å². The van der Waals surface area contributed by atoms with Crippen LogP contribution in [0.5, 0.6) is 11.5 Å². The maximum Gasteiger partial charge on any atom is 0.573 e. The Labute approximate surface area is 195 Å². The van der Waals surface area contributed by atoms with Crippen LogP contribution in [0.2, 0.25) is 5.02 Å². The van der Waals surface area contributed by atoms with Crippen LogP contribution in [-0.2, 0) is 13.7 Å². The van der Waals surface area contributed by atoms with Gasteiger partial charge in [0.05, 0.1) is 10.6 Å². The van der Waals surface area contributed by atoms with Crippen LogP contribution in [0.3, 0.4) is 0 Å². The first kappa shape index (κ1) is 23.5. The van der Waals surface area contributed by atoms with Crippen molar-refractivity contribution in [2.45, 2.75) is 13.0 Å². The van der Waals surface area contributed by atoms with Crippen molar-refractivity contribution in [1.82, 2.24) is 14.8 Å². The molecule has 4 rings (SSSR count). The molecule has 0 aliphatic carbocycles. The Bertz CT molecular complexity index is 1300. The van der Waals surface area contributed by atoms with Gasteiger partial charge in [0.1, 0.15) is 29.7 Å². The van der Waals surface area contributed by atoms with E-state index < -0.39 is 18.0 Å². The average Bonchev–Trinajstić information content (AvgIpc) is 3.14. The molecule has 1 aromatic heterocycles. The predicted octanol–water partition coefficient (Wildman–Crippen LogP) is 6.56. The van der Waals surface area contributed by atoms with Crippen LogP contribution < -0.4 is 9.47 Å². The standard InChI is InChI=1S/C23H15ClF5N3O2/c1-32-22(30-21(31-32)20-17(25)3-2-4-18(20)26)14-7-10-19(16(24)11-14)33-12-13-5-8-15(9-6-13)34-23(27,28)29/h2-11H,12H2,1H3. The first-order valence-corrected chi connectivity index (χ1v) is 10.1. The number of aromatic nitrogens is 3. The summed E-state index contributed by atoms with van der Waals surface area (Å²) in [7, 11) is 1.58. The predicted molar refractivity (Wildman–Crippen MR) is 114 cm³/mol. The molecular weight excluding hydrogens is 481 g/mol. The minimum Gasteiger partial charge on any atom is -0.487 e. The van der Waals surface area contributed by atoms with Crippen molar-refractivity contribution in [3.63, 3.8) is 0 Å². The van der Waals surface area contributed by atoms with Crippen molar-refractivity contribution in [2.24, 2.45) is 7.05 Å². The Morgan fingerprint density at radius 1 is 0.971 bits per heavy atom. The fourth-order valence-electron chi connectivity index (χ4n) is 3.16. The van der Waals surface area contributed by atoms with E-state index in [4.69, 9.17) is 16.3 Å². The second-order valence-electron chi connectivity index (χ2n) is 7.10. The highest BCUT2D eigenvalue weighted by atomic mass is 35.5. The summed E-state index contributed by atoms with van der Waals surface area (Å²) in [4.78, 5) is 4.25. The quantitative estimate of drug-likeness (QED) is 0.284. The number of ether oxygens (including phenoxy) is 2. The molecule has 0 atom stereocenters. The fourth-order valence-corrected chi connectivity index (χ4v) is 3.39. The highest BCUT2D eigenvalue weighted by Gasteiger charge is 2.31. The molecule has 11 heteroatoms. The van der Waals surface area contributed by atoms with Crippen molar-refractivity contribution in [1.29, 1.82) is 0 Å². The molecule has 0 radical (unpaired) electrons. The smallest absolute Gasteiger partial charge is 0.487 e. The lowest BCUT2D eigenvalue weighted by Crippen LogP contribution is -2.17. The first-order valence-electron chi connectivity index (χ1n) is 9.73. The lowest BCUT2D eigenvalue weighted by molar-refractivity contribution is -0.274. The van der Waals surface area contributed by atoms with Gasteiger partial charge < -0.3 is 9.47 Å². The molecule has 0 fully saturated rings. The SMILES string of the molecule is Cn1nc(-c2c(F)cccc2F)nc1-c1ccc(OCc2ccc(OC(F)(F)F)cc2)c(Cl)c1. The Balaban J connectivity index is 1.49. The second kappa shape index (κ2) is 9.30. The molecule has 1 heterocycles. The molecule has 3 aromatic carbocycles. The molecule has 34 heavy (non-hydrogen) atoms. The van der Waals surface area contributed by atoms with Gasteiger partial charge in [-0.3, -0.25) is 0 Å². The zero-order chi connectivity index (χ0) is 24.5. The summed E-state index contributed by atoms with van der Waals surface area (Å²) in [5.41, 5.74) is 0.797. The number of benzene rings is 3. The van der Waals surface area contributed by atoms with Gasteiger partial charge in [-0.15, -0.1) is 13.2 Å². The summed E-state index contributed by atoms with van der Waals surface area (Å²) >= 11 is 6.32. The van der Waals surface area contributed by atoms with E-state index in [2.05, 4.69) is 14.8 Å². The molecule has 176 valence electrons. The molecule has 0 N–H and O–H groups in total. The number of nitrogens with zero attached hydrogens (tertiary/aromatic N) is 3. The van der Waals surface area contributed by atoms with Crippen LogP contribution >= 0.6 is 11.6 Å². The zero-order valence-corrected chi connectivity index (χ0v) is 18.2. The number of rotatable bonds is 6. The van der Waals surface area contributed by atoms with Crippen molar-refractivity contribution in [3.05, 3.63) is 82.9 Å². The number of aryl methyl sites for hydroxylation is 1. The maximum absolute atomic E-state index is 14.1. The fraction of sp³-hybridized carbons (Fsp3) is 0.130. The average molecular weight is 496 g/mol. The van der Waals surface area contributed by atoms with E-state index in [1.165, 1.54) is 35.0 Å². The van der Waals surface area contributed by atoms with Gasteiger partial charge in [-0.2, -0.15) is 5.10 Å². The maximum atomic E-state index is 14.1. The third kappa shape index (κ3) is 5.28. The van der Waals surface area contributed by atoms with Gasteiger partial charge in [-0.1, -0.05) is 29.8 Å². The first-order chi connectivity index (χ1) is 16.1. The number of hydrogen-bond donors (Lipinski definition) is 0.